The van der Waals surface area contributed by atoms with Crippen LogP contribution in [0.1, 0.15) is 58.6 Å². The number of carboxylic acid groups (broad SMARTS) is 1. The van der Waals surface area contributed by atoms with Gasteiger partial charge >= 0.3 is 5.97 Å². The Kier molecular flexibility index (Phi) is 6.66. The summed E-state index contributed by atoms with van der Waals surface area (Å²) in [7, 11) is 2.10. The van der Waals surface area contributed by atoms with Crippen molar-refractivity contribution < 1.29 is 19.0 Å². The highest BCUT2D eigenvalue weighted by Gasteiger charge is 2.34. The number of hydrogen-bond donors (Lipinski definition) is 1. The summed E-state index contributed by atoms with van der Waals surface area (Å²) < 4.78 is 23.9. The number of likely N-dealkylation sites (N-methyl/N-ethyl adjacent to an activating group) is 1. The van der Waals surface area contributed by atoms with Crippen LogP contribution in [0.15, 0.2) is 66.7 Å². The number of aromatic nitrogens is 1. The molecular weight excluding hydrogens is 479 g/mol. The summed E-state index contributed by atoms with van der Waals surface area (Å²) in [6.07, 6.45) is 2.40. The van der Waals surface area contributed by atoms with Crippen LogP contribution in [0.3, 0.4) is 0 Å². The molecule has 4 aromatic rings. The van der Waals surface area contributed by atoms with Crippen LogP contribution in [0.25, 0.3) is 22.2 Å². The Morgan fingerprint density at radius 1 is 1.03 bits per heavy atom. The van der Waals surface area contributed by atoms with Gasteiger partial charge in [-0.1, -0.05) is 49.2 Å². The van der Waals surface area contributed by atoms with E-state index in [0.717, 1.165) is 77.0 Å². The molecule has 0 spiro atoms. The fraction of sp³-hybridized carbons (Fsp3) is 0.344. The number of aromatic carboxylic acids is 1. The van der Waals surface area contributed by atoms with E-state index < -0.39 is 12.1 Å². The lowest BCUT2D eigenvalue weighted by molar-refractivity contribution is 0.0697. The van der Waals surface area contributed by atoms with Crippen LogP contribution >= 0.6 is 0 Å². The van der Waals surface area contributed by atoms with Crippen molar-refractivity contribution in [2.45, 2.75) is 57.5 Å². The lowest BCUT2D eigenvalue weighted by Gasteiger charge is -2.29. The lowest BCUT2D eigenvalue weighted by atomic mass is 9.80. The number of halogens is 1. The van der Waals surface area contributed by atoms with E-state index in [1.807, 2.05) is 30.3 Å². The number of alkyl halides is 1. The van der Waals surface area contributed by atoms with Gasteiger partial charge in [0.05, 0.1) is 11.3 Å². The van der Waals surface area contributed by atoms with Crippen LogP contribution in [0.5, 0.6) is 5.75 Å². The number of benzene rings is 3. The second-order valence-corrected chi connectivity index (χ2v) is 10.7. The van der Waals surface area contributed by atoms with Gasteiger partial charge in [-0.05, 0) is 66.9 Å². The van der Waals surface area contributed by atoms with Crippen LogP contribution in [-0.2, 0) is 19.7 Å². The average molecular weight is 513 g/mol. The first kappa shape index (κ1) is 24.7. The molecule has 1 N–H and O–H groups in total. The van der Waals surface area contributed by atoms with Gasteiger partial charge in [-0.2, -0.15) is 0 Å². The van der Waals surface area contributed by atoms with Crippen LogP contribution in [-0.4, -0.2) is 40.3 Å². The second-order valence-electron chi connectivity index (χ2n) is 10.7. The molecule has 1 fully saturated rings. The average Bonchev–Trinajstić information content (AvgIpc) is 3.23. The quantitative estimate of drug-likeness (QED) is 0.312. The Labute approximate surface area is 222 Å². The summed E-state index contributed by atoms with van der Waals surface area (Å²) in [6, 6.07) is 21.7. The molecule has 0 bridgehead atoms. The van der Waals surface area contributed by atoms with Crippen molar-refractivity contribution in [3.63, 3.8) is 0 Å². The Morgan fingerprint density at radius 2 is 1.84 bits per heavy atom. The van der Waals surface area contributed by atoms with Crippen molar-refractivity contribution in [1.29, 1.82) is 0 Å². The fourth-order valence-electron chi connectivity index (χ4n) is 6.22. The molecule has 38 heavy (non-hydrogen) atoms. The minimum atomic E-state index is -0.950. The normalized spacial score (nSPS) is 19.8. The van der Waals surface area contributed by atoms with Gasteiger partial charge in [0.25, 0.3) is 0 Å². The van der Waals surface area contributed by atoms with Crippen molar-refractivity contribution in [1.82, 2.24) is 9.47 Å². The molecule has 1 saturated carbocycles. The lowest BCUT2D eigenvalue weighted by Crippen LogP contribution is -2.26. The molecule has 0 unspecified atom stereocenters. The molecule has 3 aromatic carbocycles. The summed E-state index contributed by atoms with van der Waals surface area (Å²) in [5, 5.41) is 10.7. The highest BCUT2D eigenvalue weighted by Crippen LogP contribution is 2.47. The third kappa shape index (κ3) is 4.58. The number of rotatable bonds is 5. The molecule has 6 rings (SSSR count). The van der Waals surface area contributed by atoms with Crippen LogP contribution < -0.4 is 4.74 Å². The smallest absolute Gasteiger partial charge is 0.335 e. The number of hydrogen-bond acceptors (Lipinski definition) is 3. The van der Waals surface area contributed by atoms with Crippen molar-refractivity contribution in [2.75, 3.05) is 13.6 Å². The van der Waals surface area contributed by atoms with Gasteiger partial charge in [0.1, 0.15) is 18.5 Å². The van der Waals surface area contributed by atoms with Crippen LogP contribution in [0.2, 0.25) is 0 Å². The van der Waals surface area contributed by atoms with E-state index >= 15 is 4.39 Å². The molecule has 6 heteroatoms. The molecule has 2 aliphatic rings. The molecule has 0 radical (unpaired) electrons. The number of nitrogens with zero attached hydrogens (tertiary/aromatic N) is 2. The monoisotopic (exact) mass is 512 g/mol. The van der Waals surface area contributed by atoms with Crippen molar-refractivity contribution in [3.8, 4) is 17.0 Å². The predicted molar refractivity (Wildman–Crippen MR) is 148 cm³/mol. The van der Waals surface area contributed by atoms with Crippen molar-refractivity contribution in [2.24, 2.45) is 0 Å². The Balaban J connectivity index is 1.52. The zero-order chi connectivity index (χ0) is 26.2. The number of ether oxygens (including phenoxy) is 1. The Morgan fingerprint density at radius 3 is 2.63 bits per heavy atom. The topological polar surface area (TPSA) is 54.7 Å². The maximum absolute atomic E-state index is 15.5. The standard InChI is InChI=1S/C32H33FN2O3/c1-34-15-16-35-29-18-22(32(36)37)11-13-27(29)30(26-9-5-6-10-28(26)33)31(35)25-14-12-24(17-23(25)19-34)38-20-21-7-3-2-4-8-21/h2-4,7-8,11-14,17-18,26,28H,5-6,9-10,15-16,19-20H2,1H3,(H,36,37)/t26-,28-/m0/s1. The number of carboxylic acids is 1. The minimum Gasteiger partial charge on any atom is -0.489 e. The molecule has 2 atom stereocenters. The van der Waals surface area contributed by atoms with E-state index in [0.29, 0.717) is 19.6 Å². The molecule has 1 aliphatic carbocycles. The third-order valence-electron chi connectivity index (χ3n) is 8.13. The molecule has 1 aliphatic heterocycles. The largest absolute Gasteiger partial charge is 0.489 e. The Hall–Kier alpha value is -3.64. The maximum atomic E-state index is 15.5. The zero-order valence-corrected chi connectivity index (χ0v) is 21.7. The maximum Gasteiger partial charge on any atom is 0.335 e. The first-order chi connectivity index (χ1) is 18.5. The summed E-state index contributed by atoms with van der Waals surface area (Å²) in [5.41, 5.74) is 6.52. The van der Waals surface area contributed by atoms with E-state index in [9.17, 15) is 9.90 Å². The molecule has 196 valence electrons. The molecule has 1 aromatic heterocycles. The van der Waals surface area contributed by atoms with E-state index in [4.69, 9.17) is 4.74 Å². The highest BCUT2D eigenvalue weighted by molar-refractivity contribution is 5.98. The molecule has 0 amide bonds. The molecular formula is C32H33FN2O3. The van der Waals surface area contributed by atoms with E-state index in [1.165, 1.54) is 0 Å². The Bertz CT molecular complexity index is 1480. The van der Waals surface area contributed by atoms with Gasteiger partial charge < -0.3 is 19.3 Å². The summed E-state index contributed by atoms with van der Waals surface area (Å²) >= 11 is 0. The van der Waals surface area contributed by atoms with Gasteiger partial charge in [-0.3, -0.25) is 0 Å². The molecule has 2 heterocycles. The fourth-order valence-corrected chi connectivity index (χ4v) is 6.22. The van der Waals surface area contributed by atoms with E-state index in [1.54, 1.807) is 12.1 Å². The summed E-state index contributed by atoms with van der Waals surface area (Å²) in [4.78, 5) is 14.1. The van der Waals surface area contributed by atoms with Gasteiger partial charge in [-0.25, -0.2) is 9.18 Å². The van der Waals surface area contributed by atoms with Gasteiger partial charge in [0, 0.05) is 42.0 Å². The predicted octanol–water partition coefficient (Wildman–Crippen LogP) is 7.03. The first-order valence-corrected chi connectivity index (χ1v) is 13.5. The van der Waals surface area contributed by atoms with Crippen molar-refractivity contribution >= 4 is 16.9 Å². The van der Waals surface area contributed by atoms with Crippen LogP contribution in [0.4, 0.5) is 4.39 Å². The van der Waals surface area contributed by atoms with Gasteiger partial charge in [-0.15, -0.1) is 0 Å². The highest BCUT2D eigenvalue weighted by atomic mass is 19.1. The first-order valence-electron chi connectivity index (χ1n) is 13.5. The molecule has 0 saturated heterocycles. The SMILES string of the molecule is CN1CCn2c(c([C@H]3CCCC[C@@H]3F)c3ccc(C(=O)O)cc32)-c2ccc(OCc3ccccc3)cc2C1. The number of carbonyl (C=O) groups is 1. The zero-order valence-electron chi connectivity index (χ0n) is 21.7. The van der Waals surface area contributed by atoms with E-state index in [-0.39, 0.29) is 11.5 Å². The van der Waals surface area contributed by atoms with Crippen LogP contribution in [0, 0.1) is 0 Å². The van der Waals surface area contributed by atoms with Gasteiger partial charge in [0.2, 0.25) is 0 Å². The van der Waals surface area contributed by atoms with E-state index in [2.05, 4.69) is 40.8 Å². The molecule has 5 nitrogen and oxygen atoms in total. The number of fused-ring (bicyclic) bond motifs is 5. The van der Waals surface area contributed by atoms with Gasteiger partial charge in [0.15, 0.2) is 0 Å². The summed E-state index contributed by atoms with van der Waals surface area (Å²) in [6.45, 7) is 2.75. The second kappa shape index (κ2) is 10.3. The summed E-state index contributed by atoms with van der Waals surface area (Å²) in [5.74, 6) is -0.342. The minimum absolute atomic E-state index is 0.197. The van der Waals surface area contributed by atoms with Crippen molar-refractivity contribution in [3.05, 3.63) is 89.0 Å². The third-order valence-corrected chi connectivity index (χ3v) is 8.13.